The summed E-state index contributed by atoms with van der Waals surface area (Å²) in [5.74, 6) is -4.25. The lowest BCUT2D eigenvalue weighted by Gasteiger charge is -2.16. The van der Waals surface area contributed by atoms with Crippen LogP contribution in [-0.2, 0) is 11.2 Å². The number of benzene rings is 2. The van der Waals surface area contributed by atoms with Crippen LogP contribution in [0.2, 0.25) is 0 Å². The van der Waals surface area contributed by atoms with Gasteiger partial charge in [-0.1, -0.05) is 24.8 Å². The number of rotatable bonds is 11. The van der Waals surface area contributed by atoms with Gasteiger partial charge in [0, 0.05) is 36.3 Å². The van der Waals surface area contributed by atoms with E-state index in [1.807, 2.05) is 19.1 Å². The molecule has 40 heavy (non-hydrogen) atoms. The number of hydrogen-bond donors (Lipinski definition) is 2. The maximum absolute atomic E-state index is 15.8. The van der Waals surface area contributed by atoms with Crippen molar-refractivity contribution in [3.8, 4) is 22.8 Å². The van der Waals surface area contributed by atoms with Crippen molar-refractivity contribution in [3.63, 3.8) is 0 Å². The normalized spacial score (nSPS) is 15.6. The first-order valence-corrected chi connectivity index (χ1v) is 12.4. The molecule has 8 nitrogen and oxygen atoms in total. The van der Waals surface area contributed by atoms with E-state index in [-0.39, 0.29) is 29.7 Å². The smallest absolute Gasteiger partial charge is 0.227 e. The minimum atomic E-state index is -3.14. The first kappa shape index (κ1) is 20.3. The number of halogens is 2. The van der Waals surface area contributed by atoms with Crippen molar-refractivity contribution in [2.24, 2.45) is 5.92 Å². The molecule has 206 valence electrons. The van der Waals surface area contributed by atoms with Crippen molar-refractivity contribution in [1.82, 2.24) is 15.0 Å². The zero-order valence-corrected chi connectivity index (χ0v) is 21.5. The van der Waals surface area contributed by atoms with Crippen molar-refractivity contribution >= 4 is 34.1 Å². The lowest BCUT2D eigenvalue weighted by Crippen LogP contribution is -2.09. The molecule has 0 atom stereocenters. The van der Waals surface area contributed by atoms with E-state index in [1.54, 1.807) is 6.07 Å². The van der Waals surface area contributed by atoms with Gasteiger partial charge in [0.25, 0.3) is 0 Å². The fraction of sp³-hybridized carbons (Fsp3) is 0.267. The summed E-state index contributed by atoms with van der Waals surface area (Å²) in [6.45, 7) is 5.88. The number of carbonyl (C=O) groups is 1. The lowest BCUT2D eigenvalue weighted by atomic mass is 10.0. The Hall–Kier alpha value is -4.60. The summed E-state index contributed by atoms with van der Waals surface area (Å²) < 4.78 is 85.3. The number of pyridine rings is 1. The average Bonchev–Trinajstić information content (AvgIpc) is 3.79. The maximum Gasteiger partial charge on any atom is 0.227 e. The molecule has 10 heteroatoms. The van der Waals surface area contributed by atoms with Crippen molar-refractivity contribution in [3.05, 3.63) is 71.9 Å². The number of carbonyl (C=O) groups excluding carboxylic acids is 1. The molecule has 0 bridgehead atoms. The Labute approximate surface area is 238 Å². The molecule has 0 unspecified atom stereocenters. The van der Waals surface area contributed by atoms with Crippen LogP contribution in [0.4, 0.5) is 26.2 Å². The molecule has 1 aliphatic rings. The van der Waals surface area contributed by atoms with Crippen molar-refractivity contribution in [1.29, 1.82) is 0 Å². The number of methoxy groups -OCH3 is 2. The molecule has 0 spiro atoms. The van der Waals surface area contributed by atoms with Crippen LogP contribution in [-0.4, -0.2) is 41.4 Å². The van der Waals surface area contributed by atoms with Gasteiger partial charge in [0.2, 0.25) is 5.95 Å². The van der Waals surface area contributed by atoms with Gasteiger partial charge in [-0.2, -0.15) is 0 Å². The minimum Gasteiger partial charge on any atom is -0.494 e. The summed E-state index contributed by atoms with van der Waals surface area (Å²) in [7, 11) is -6.29. The van der Waals surface area contributed by atoms with Gasteiger partial charge in [-0.15, -0.1) is 0 Å². The fourth-order valence-corrected chi connectivity index (χ4v) is 4.30. The number of aromatic nitrogens is 3. The van der Waals surface area contributed by atoms with Crippen LogP contribution in [0.3, 0.4) is 0 Å². The molecule has 0 saturated heterocycles. The van der Waals surface area contributed by atoms with Gasteiger partial charge in [0.05, 0.1) is 33.6 Å². The number of aryl methyl sites for hydroxylation is 1. The Kier molecular flexibility index (Phi) is 5.72. The zero-order chi connectivity index (χ0) is 33.4. The number of anilines is 3. The highest BCUT2D eigenvalue weighted by Gasteiger charge is 2.25. The molecule has 1 fully saturated rings. The SMILES string of the molecule is [2H]C([2H])([2H])Oc1cc(OC([2H])([2H])[2H])c(F)c(-c2cc3cnc(Nc4c(C)cccc4CC(=O)C=C)nc3c(NCC3CC3)n2)c1F. The van der Waals surface area contributed by atoms with Crippen LogP contribution in [0.25, 0.3) is 22.2 Å². The first-order chi connectivity index (χ1) is 21.6. The molecule has 0 radical (unpaired) electrons. The Balaban J connectivity index is 1.64. The largest absolute Gasteiger partial charge is 0.494 e. The molecule has 1 aliphatic carbocycles. The monoisotopic (exact) mass is 551 g/mol. The molecule has 2 heterocycles. The maximum atomic E-state index is 15.8. The van der Waals surface area contributed by atoms with Crippen LogP contribution in [0.1, 0.15) is 32.2 Å². The topological polar surface area (TPSA) is 98.3 Å². The summed E-state index contributed by atoms with van der Waals surface area (Å²) in [5.41, 5.74) is 1.28. The van der Waals surface area contributed by atoms with E-state index < -0.39 is 42.8 Å². The van der Waals surface area contributed by atoms with E-state index in [0.29, 0.717) is 40.7 Å². The van der Waals surface area contributed by atoms with Crippen LogP contribution >= 0.6 is 0 Å². The molecule has 1 saturated carbocycles. The molecule has 0 aliphatic heterocycles. The van der Waals surface area contributed by atoms with Gasteiger partial charge in [0.1, 0.15) is 5.52 Å². The molecule has 2 aromatic carbocycles. The summed E-state index contributed by atoms with van der Waals surface area (Å²) >= 11 is 0. The number of nitrogens with one attached hydrogen (secondary N) is 2. The van der Waals surface area contributed by atoms with Crippen LogP contribution in [0, 0.1) is 24.5 Å². The molecule has 0 amide bonds. The van der Waals surface area contributed by atoms with Gasteiger partial charge >= 0.3 is 0 Å². The third-order valence-electron chi connectivity index (χ3n) is 6.62. The Morgan fingerprint density at radius 3 is 2.60 bits per heavy atom. The van der Waals surface area contributed by atoms with Gasteiger partial charge in [-0.05, 0) is 49.0 Å². The standard InChI is InChI=1S/C30H29F2N5O3/c1-5-20(38)11-18-8-6-7-16(2)27(18)36-30-34-15-19-12-21(35-29(28(19)37-30)33-14-17-9-10-17)24-25(31)22(39-3)13-23(40-4)26(24)32/h5-8,12-13,15,17H,1,9-11,14H2,2-4H3,(H,33,35)(H,34,36,37)/i3D3,4D3. The lowest BCUT2D eigenvalue weighted by molar-refractivity contribution is -0.114. The second-order valence-corrected chi connectivity index (χ2v) is 9.47. The number of allylic oxidation sites excluding steroid dienone is 1. The average molecular weight is 552 g/mol. The molecule has 4 aromatic rings. The highest BCUT2D eigenvalue weighted by molar-refractivity contribution is 5.93. The van der Waals surface area contributed by atoms with Crippen molar-refractivity contribution in [2.75, 3.05) is 31.3 Å². The van der Waals surface area contributed by atoms with E-state index in [2.05, 4.69) is 32.2 Å². The van der Waals surface area contributed by atoms with Crippen molar-refractivity contribution in [2.45, 2.75) is 26.2 Å². The summed E-state index contributed by atoms with van der Waals surface area (Å²) in [4.78, 5) is 25.5. The minimum absolute atomic E-state index is 0.107. The van der Waals surface area contributed by atoms with E-state index in [4.69, 9.17) is 17.7 Å². The van der Waals surface area contributed by atoms with Crippen LogP contribution < -0.4 is 20.1 Å². The van der Waals surface area contributed by atoms with E-state index in [9.17, 15) is 4.79 Å². The summed E-state index contributed by atoms with van der Waals surface area (Å²) in [5, 5.41) is 6.65. The summed E-state index contributed by atoms with van der Waals surface area (Å²) in [6, 6.07) is 7.29. The Bertz CT molecular complexity index is 1790. The van der Waals surface area contributed by atoms with Gasteiger partial charge in [-0.3, -0.25) is 4.79 Å². The number of para-hydroxylation sites is 1. The van der Waals surface area contributed by atoms with Gasteiger partial charge < -0.3 is 20.1 Å². The van der Waals surface area contributed by atoms with E-state index in [1.165, 1.54) is 18.3 Å². The number of nitrogens with zero attached hydrogens (tertiary/aromatic N) is 3. The predicted octanol–water partition coefficient (Wildman–Crippen LogP) is 6.16. The fourth-order valence-electron chi connectivity index (χ4n) is 4.30. The molecule has 2 aromatic heterocycles. The van der Waals surface area contributed by atoms with E-state index in [0.717, 1.165) is 18.4 Å². The molecule has 2 N–H and O–H groups in total. The predicted molar refractivity (Wildman–Crippen MR) is 150 cm³/mol. The van der Waals surface area contributed by atoms with Gasteiger partial charge in [-0.25, -0.2) is 23.7 Å². The highest BCUT2D eigenvalue weighted by atomic mass is 19.1. The second kappa shape index (κ2) is 11.3. The number of hydrogen-bond acceptors (Lipinski definition) is 8. The highest BCUT2D eigenvalue weighted by Crippen LogP contribution is 2.39. The summed E-state index contributed by atoms with van der Waals surface area (Å²) in [6.07, 6.45) is 4.73. The van der Waals surface area contributed by atoms with Gasteiger partial charge in [0.15, 0.2) is 34.7 Å². The third-order valence-corrected chi connectivity index (χ3v) is 6.62. The quantitative estimate of drug-likeness (QED) is 0.214. The number of fused-ring (bicyclic) bond motifs is 1. The Morgan fingerprint density at radius 2 is 1.93 bits per heavy atom. The zero-order valence-electron chi connectivity index (χ0n) is 27.5. The van der Waals surface area contributed by atoms with Crippen molar-refractivity contribution < 1.29 is 31.3 Å². The Morgan fingerprint density at radius 1 is 1.18 bits per heavy atom. The van der Waals surface area contributed by atoms with Crippen LogP contribution in [0.15, 0.2) is 49.2 Å². The second-order valence-electron chi connectivity index (χ2n) is 9.47. The number of ketones is 1. The first-order valence-electron chi connectivity index (χ1n) is 15.4. The molecular formula is C30H29F2N5O3. The molecule has 5 rings (SSSR count). The third kappa shape index (κ3) is 5.42. The number of ether oxygens (including phenoxy) is 2. The van der Waals surface area contributed by atoms with Crippen LogP contribution in [0.5, 0.6) is 11.5 Å². The molecular weight excluding hydrogens is 516 g/mol. The van der Waals surface area contributed by atoms with E-state index >= 15 is 8.78 Å².